The smallest absolute Gasteiger partial charge is 0.221 e. The van der Waals surface area contributed by atoms with Crippen molar-refractivity contribution in [2.75, 3.05) is 19.8 Å². The van der Waals surface area contributed by atoms with Gasteiger partial charge < -0.3 is 10.1 Å². The number of amides is 1. The summed E-state index contributed by atoms with van der Waals surface area (Å²) in [7, 11) is 0. The molecule has 6 heteroatoms. The minimum atomic E-state index is -0.104. The minimum absolute atomic E-state index is 0.0268. The molecule has 0 saturated carbocycles. The molecule has 22 heavy (non-hydrogen) atoms. The molecule has 0 saturated heterocycles. The van der Waals surface area contributed by atoms with Crippen LogP contribution in [0, 0.1) is 0 Å². The number of carbonyl (C=O) groups is 1. The van der Waals surface area contributed by atoms with E-state index in [0.29, 0.717) is 38.1 Å². The van der Waals surface area contributed by atoms with Gasteiger partial charge in [-0.15, -0.1) is 0 Å². The van der Waals surface area contributed by atoms with Crippen molar-refractivity contribution in [2.24, 2.45) is 0 Å². The number of aromatic nitrogens is 2. The number of ether oxygens (including phenoxy) is 1. The van der Waals surface area contributed by atoms with Gasteiger partial charge in [-0.25, -0.2) is 0 Å². The highest BCUT2D eigenvalue weighted by atomic mass is 16.5. The number of rotatable bonds is 8. The zero-order valence-corrected chi connectivity index (χ0v) is 12.7. The SMILES string of the molecule is CCOCCCNC(=O)CCn1ncc(=O)c2ccccc21. The summed E-state index contributed by atoms with van der Waals surface area (Å²) in [4.78, 5) is 23.5. The van der Waals surface area contributed by atoms with Gasteiger partial charge >= 0.3 is 0 Å². The number of hydrogen-bond donors (Lipinski definition) is 1. The summed E-state index contributed by atoms with van der Waals surface area (Å²) in [5.74, 6) is -0.0268. The van der Waals surface area contributed by atoms with Gasteiger partial charge in [-0.2, -0.15) is 5.10 Å². The predicted molar refractivity (Wildman–Crippen MR) is 84.7 cm³/mol. The third-order valence-electron chi connectivity index (χ3n) is 3.30. The Kier molecular flexibility index (Phi) is 6.09. The van der Waals surface area contributed by atoms with Crippen molar-refractivity contribution >= 4 is 16.8 Å². The van der Waals surface area contributed by atoms with Crippen LogP contribution in [0.15, 0.2) is 35.3 Å². The normalized spacial score (nSPS) is 10.8. The Balaban J connectivity index is 1.88. The van der Waals surface area contributed by atoms with Crippen molar-refractivity contribution < 1.29 is 9.53 Å². The summed E-state index contributed by atoms with van der Waals surface area (Å²) < 4.78 is 6.90. The molecule has 0 atom stereocenters. The molecular weight excluding hydrogens is 282 g/mol. The van der Waals surface area contributed by atoms with E-state index >= 15 is 0 Å². The summed E-state index contributed by atoms with van der Waals surface area (Å²) in [6, 6.07) is 7.28. The summed E-state index contributed by atoms with van der Waals surface area (Å²) in [6.07, 6.45) is 2.43. The Morgan fingerprint density at radius 1 is 1.36 bits per heavy atom. The molecule has 1 aromatic carbocycles. The molecule has 2 aromatic rings. The molecule has 2 rings (SSSR count). The molecule has 1 amide bonds. The summed E-state index contributed by atoms with van der Waals surface area (Å²) >= 11 is 0. The molecule has 0 spiro atoms. The van der Waals surface area contributed by atoms with Gasteiger partial charge in [0.2, 0.25) is 11.3 Å². The maximum absolute atomic E-state index is 11.8. The summed E-state index contributed by atoms with van der Waals surface area (Å²) in [5, 5.41) is 7.57. The van der Waals surface area contributed by atoms with Crippen LogP contribution in [0.2, 0.25) is 0 Å². The molecule has 1 aromatic heterocycles. The second-order valence-corrected chi connectivity index (χ2v) is 4.90. The van der Waals surface area contributed by atoms with E-state index in [1.165, 1.54) is 6.20 Å². The molecule has 0 radical (unpaired) electrons. The summed E-state index contributed by atoms with van der Waals surface area (Å²) in [6.45, 7) is 4.34. The molecule has 0 aliphatic heterocycles. The maximum Gasteiger partial charge on any atom is 0.221 e. The fourth-order valence-corrected chi connectivity index (χ4v) is 2.18. The van der Waals surface area contributed by atoms with Gasteiger partial charge in [0, 0.05) is 31.6 Å². The van der Waals surface area contributed by atoms with Gasteiger partial charge in [0.05, 0.1) is 18.3 Å². The largest absolute Gasteiger partial charge is 0.382 e. The number of nitrogens with one attached hydrogen (secondary N) is 1. The van der Waals surface area contributed by atoms with E-state index in [1.807, 2.05) is 25.1 Å². The van der Waals surface area contributed by atoms with E-state index in [4.69, 9.17) is 4.74 Å². The number of fused-ring (bicyclic) bond motifs is 1. The molecule has 6 nitrogen and oxygen atoms in total. The van der Waals surface area contributed by atoms with E-state index < -0.39 is 0 Å². The number of carbonyl (C=O) groups excluding carboxylic acids is 1. The first-order chi connectivity index (χ1) is 10.7. The topological polar surface area (TPSA) is 73.2 Å². The van der Waals surface area contributed by atoms with Gasteiger partial charge in [-0.3, -0.25) is 14.3 Å². The molecule has 0 aliphatic carbocycles. The molecule has 1 N–H and O–H groups in total. The van der Waals surface area contributed by atoms with Crippen LogP contribution in [0.1, 0.15) is 19.8 Å². The summed E-state index contributed by atoms with van der Waals surface area (Å²) in [5.41, 5.74) is 0.645. The van der Waals surface area contributed by atoms with Crippen LogP contribution in [-0.4, -0.2) is 35.4 Å². The maximum atomic E-state index is 11.8. The van der Waals surface area contributed by atoms with Crippen molar-refractivity contribution in [3.8, 4) is 0 Å². The van der Waals surface area contributed by atoms with E-state index in [2.05, 4.69) is 10.4 Å². The van der Waals surface area contributed by atoms with Crippen molar-refractivity contribution in [1.82, 2.24) is 15.1 Å². The standard InChI is InChI=1S/C16H21N3O3/c1-2-22-11-5-9-17-16(21)8-10-19-14-7-4-3-6-13(14)15(20)12-18-19/h3-4,6-7,12H,2,5,8-11H2,1H3,(H,17,21). The lowest BCUT2D eigenvalue weighted by atomic mass is 10.2. The van der Waals surface area contributed by atoms with Crippen LogP contribution in [0.25, 0.3) is 10.9 Å². The number of para-hydroxylation sites is 1. The molecule has 0 bridgehead atoms. The first-order valence-corrected chi connectivity index (χ1v) is 7.51. The number of aryl methyl sites for hydroxylation is 1. The van der Waals surface area contributed by atoms with Crippen molar-refractivity contribution in [1.29, 1.82) is 0 Å². The van der Waals surface area contributed by atoms with Gasteiger partial charge in [-0.05, 0) is 25.5 Å². The lowest BCUT2D eigenvalue weighted by Gasteiger charge is -2.09. The van der Waals surface area contributed by atoms with Gasteiger partial charge in [0.15, 0.2) is 0 Å². The molecule has 0 aliphatic rings. The van der Waals surface area contributed by atoms with E-state index in [9.17, 15) is 9.59 Å². The number of nitrogens with zero attached hydrogens (tertiary/aromatic N) is 2. The number of hydrogen-bond acceptors (Lipinski definition) is 4. The first-order valence-electron chi connectivity index (χ1n) is 7.51. The van der Waals surface area contributed by atoms with Crippen LogP contribution >= 0.6 is 0 Å². The zero-order valence-electron chi connectivity index (χ0n) is 12.7. The van der Waals surface area contributed by atoms with Crippen LogP contribution in [-0.2, 0) is 16.1 Å². The Labute approximate surface area is 129 Å². The molecule has 0 unspecified atom stereocenters. The predicted octanol–water partition coefficient (Wildman–Crippen LogP) is 1.33. The average Bonchev–Trinajstić information content (AvgIpc) is 2.54. The molecule has 0 fully saturated rings. The molecule has 118 valence electrons. The van der Waals surface area contributed by atoms with Crippen LogP contribution in [0.5, 0.6) is 0 Å². The van der Waals surface area contributed by atoms with Gasteiger partial charge in [-0.1, -0.05) is 12.1 Å². The Hall–Kier alpha value is -2.21. The van der Waals surface area contributed by atoms with Crippen molar-refractivity contribution in [3.05, 3.63) is 40.7 Å². The van der Waals surface area contributed by atoms with Crippen LogP contribution in [0.4, 0.5) is 0 Å². The molecule has 1 heterocycles. The fourth-order valence-electron chi connectivity index (χ4n) is 2.18. The quantitative estimate of drug-likeness (QED) is 0.747. The Morgan fingerprint density at radius 2 is 2.18 bits per heavy atom. The zero-order chi connectivity index (χ0) is 15.8. The van der Waals surface area contributed by atoms with E-state index in [1.54, 1.807) is 10.7 Å². The van der Waals surface area contributed by atoms with Crippen molar-refractivity contribution in [2.45, 2.75) is 26.3 Å². The van der Waals surface area contributed by atoms with Crippen molar-refractivity contribution in [3.63, 3.8) is 0 Å². The van der Waals surface area contributed by atoms with Gasteiger partial charge in [0.25, 0.3) is 0 Å². The minimum Gasteiger partial charge on any atom is -0.382 e. The third kappa shape index (κ3) is 4.39. The van der Waals surface area contributed by atoms with E-state index in [0.717, 1.165) is 11.9 Å². The number of benzene rings is 1. The highest BCUT2D eigenvalue weighted by Gasteiger charge is 2.06. The second-order valence-electron chi connectivity index (χ2n) is 4.90. The van der Waals surface area contributed by atoms with Gasteiger partial charge in [0.1, 0.15) is 0 Å². The second kappa shape index (κ2) is 8.29. The van der Waals surface area contributed by atoms with E-state index in [-0.39, 0.29) is 11.3 Å². The first kappa shape index (κ1) is 16.2. The highest BCUT2D eigenvalue weighted by Crippen LogP contribution is 2.08. The van der Waals surface area contributed by atoms with Crippen LogP contribution in [0.3, 0.4) is 0 Å². The Bertz CT molecular complexity index is 682. The average molecular weight is 303 g/mol. The third-order valence-corrected chi connectivity index (χ3v) is 3.30. The Morgan fingerprint density at radius 3 is 3.00 bits per heavy atom. The lowest BCUT2D eigenvalue weighted by molar-refractivity contribution is -0.121. The monoisotopic (exact) mass is 303 g/mol. The lowest BCUT2D eigenvalue weighted by Crippen LogP contribution is -2.26. The fraction of sp³-hybridized carbons (Fsp3) is 0.438. The molecular formula is C16H21N3O3. The van der Waals surface area contributed by atoms with Crippen LogP contribution < -0.4 is 10.7 Å². The highest BCUT2D eigenvalue weighted by molar-refractivity contribution is 5.78.